The molecule has 0 aromatic carbocycles. The molecule has 0 saturated carbocycles. The van der Waals surface area contributed by atoms with E-state index in [4.69, 9.17) is 16.8 Å². The minimum absolute atomic E-state index is 0.239. The molecular weight excluding hydrogens is 236 g/mol. The summed E-state index contributed by atoms with van der Waals surface area (Å²) in [7, 11) is -3.85. The lowest BCUT2D eigenvalue weighted by Crippen LogP contribution is -2.36. The predicted octanol–water partition coefficient (Wildman–Crippen LogP) is 0.529. The fourth-order valence-electron chi connectivity index (χ4n) is 0.898. The highest BCUT2D eigenvalue weighted by Gasteiger charge is 2.03. The third kappa shape index (κ3) is 11.5. The molecule has 0 amide bonds. The Morgan fingerprint density at radius 1 is 1.27 bits per heavy atom. The van der Waals surface area contributed by atoms with Crippen LogP contribution in [0.15, 0.2) is 0 Å². The van der Waals surface area contributed by atoms with Crippen LogP contribution in [0.25, 0.3) is 0 Å². The number of unbranched alkanes of at least 4 members (excludes halogenated alkanes) is 1. The number of hydrogen-bond acceptors (Lipinski definition) is 3. The standard InChI is InChI=1S/C8H18N2O3S2/c1-2-3-5-9-8(14)10-6-4-7-15(11,12)13/h2-7H2,1H3,(H2,9,10,14)(H,11,12,13). The topological polar surface area (TPSA) is 78.4 Å². The summed E-state index contributed by atoms with van der Waals surface area (Å²) in [6.07, 6.45) is 2.49. The van der Waals surface area contributed by atoms with E-state index in [1.54, 1.807) is 0 Å². The molecule has 90 valence electrons. The summed E-state index contributed by atoms with van der Waals surface area (Å²) in [5, 5.41) is 6.38. The fourth-order valence-corrected chi connectivity index (χ4v) is 1.61. The zero-order chi connectivity index (χ0) is 11.7. The highest BCUT2D eigenvalue weighted by atomic mass is 32.2. The molecule has 0 spiro atoms. The summed E-state index contributed by atoms with van der Waals surface area (Å²) >= 11 is 4.94. The molecular formula is C8H18N2O3S2. The Hall–Kier alpha value is -0.400. The van der Waals surface area contributed by atoms with E-state index in [1.807, 2.05) is 0 Å². The molecule has 0 aliphatic rings. The van der Waals surface area contributed by atoms with Gasteiger partial charge in [-0.3, -0.25) is 4.55 Å². The SMILES string of the molecule is CCCCNC(=S)NCCCS(=O)(=O)O. The summed E-state index contributed by atoms with van der Waals surface area (Å²) in [6.45, 7) is 3.35. The molecule has 15 heavy (non-hydrogen) atoms. The van der Waals surface area contributed by atoms with Crippen molar-refractivity contribution < 1.29 is 13.0 Å². The first-order chi connectivity index (χ1) is 6.95. The largest absolute Gasteiger partial charge is 0.363 e. The Balaban J connectivity index is 3.39. The monoisotopic (exact) mass is 254 g/mol. The van der Waals surface area contributed by atoms with Crippen molar-refractivity contribution in [3.05, 3.63) is 0 Å². The van der Waals surface area contributed by atoms with Gasteiger partial charge in [0, 0.05) is 13.1 Å². The van der Waals surface area contributed by atoms with Gasteiger partial charge in [-0.15, -0.1) is 0 Å². The molecule has 0 heterocycles. The minimum Gasteiger partial charge on any atom is -0.363 e. The van der Waals surface area contributed by atoms with Crippen LogP contribution in [0.5, 0.6) is 0 Å². The molecule has 0 aliphatic carbocycles. The van der Waals surface area contributed by atoms with E-state index < -0.39 is 10.1 Å². The third-order valence-corrected chi connectivity index (χ3v) is 2.77. The van der Waals surface area contributed by atoms with Gasteiger partial charge in [-0.25, -0.2) is 0 Å². The van der Waals surface area contributed by atoms with Crippen molar-refractivity contribution in [1.82, 2.24) is 10.6 Å². The average Bonchev–Trinajstić information content (AvgIpc) is 2.11. The Labute approximate surface area is 96.4 Å². The molecule has 0 atom stereocenters. The van der Waals surface area contributed by atoms with Gasteiger partial charge in [0.2, 0.25) is 0 Å². The van der Waals surface area contributed by atoms with Gasteiger partial charge in [-0.1, -0.05) is 13.3 Å². The van der Waals surface area contributed by atoms with E-state index in [0.29, 0.717) is 18.1 Å². The van der Waals surface area contributed by atoms with Gasteiger partial charge in [0.25, 0.3) is 10.1 Å². The molecule has 7 heteroatoms. The van der Waals surface area contributed by atoms with Crippen LogP contribution >= 0.6 is 12.2 Å². The lowest BCUT2D eigenvalue weighted by Gasteiger charge is -2.09. The number of nitrogens with one attached hydrogen (secondary N) is 2. The second-order valence-corrected chi connectivity index (χ2v) is 5.16. The second kappa shape index (κ2) is 7.84. The lowest BCUT2D eigenvalue weighted by atomic mass is 10.3. The third-order valence-electron chi connectivity index (χ3n) is 1.68. The van der Waals surface area contributed by atoms with E-state index in [1.165, 1.54) is 0 Å². The first-order valence-corrected chi connectivity index (χ1v) is 6.94. The summed E-state index contributed by atoms with van der Waals surface area (Å²) in [5.41, 5.74) is 0. The maximum atomic E-state index is 10.4. The minimum atomic E-state index is -3.85. The van der Waals surface area contributed by atoms with Gasteiger partial charge in [0.15, 0.2) is 5.11 Å². The van der Waals surface area contributed by atoms with Crippen molar-refractivity contribution in [2.45, 2.75) is 26.2 Å². The molecule has 0 aromatic rings. The van der Waals surface area contributed by atoms with Crippen LogP contribution in [0.4, 0.5) is 0 Å². The van der Waals surface area contributed by atoms with Crippen molar-refractivity contribution >= 4 is 27.4 Å². The van der Waals surface area contributed by atoms with Gasteiger partial charge in [-0.05, 0) is 25.1 Å². The Morgan fingerprint density at radius 2 is 1.80 bits per heavy atom. The van der Waals surface area contributed by atoms with Crippen molar-refractivity contribution in [2.24, 2.45) is 0 Å². The number of hydrogen-bond donors (Lipinski definition) is 3. The zero-order valence-electron chi connectivity index (χ0n) is 8.82. The van der Waals surface area contributed by atoms with Crippen molar-refractivity contribution in [1.29, 1.82) is 0 Å². The maximum absolute atomic E-state index is 10.4. The maximum Gasteiger partial charge on any atom is 0.264 e. The van der Waals surface area contributed by atoms with Crippen LogP contribution in [0.1, 0.15) is 26.2 Å². The Kier molecular flexibility index (Phi) is 7.63. The molecule has 0 saturated heterocycles. The van der Waals surface area contributed by atoms with Gasteiger partial charge < -0.3 is 10.6 Å². The average molecular weight is 254 g/mol. The molecule has 3 N–H and O–H groups in total. The number of rotatable bonds is 7. The van der Waals surface area contributed by atoms with Gasteiger partial charge in [0.1, 0.15) is 0 Å². The van der Waals surface area contributed by atoms with Gasteiger partial charge in [0.05, 0.1) is 5.75 Å². The van der Waals surface area contributed by atoms with Crippen LogP contribution in [0.2, 0.25) is 0 Å². The summed E-state index contributed by atoms with van der Waals surface area (Å²) in [4.78, 5) is 0. The van der Waals surface area contributed by atoms with Crippen LogP contribution in [-0.2, 0) is 10.1 Å². The lowest BCUT2D eigenvalue weighted by molar-refractivity contribution is 0.481. The van der Waals surface area contributed by atoms with E-state index in [9.17, 15) is 8.42 Å². The summed E-state index contributed by atoms with van der Waals surface area (Å²) in [6, 6.07) is 0. The Morgan fingerprint density at radius 3 is 2.27 bits per heavy atom. The fraction of sp³-hybridized carbons (Fsp3) is 0.875. The highest BCUT2D eigenvalue weighted by molar-refractivity contribution is 7.85. The van der Waals surface area contributed by atoms with E-state index in [0.717, 1.165) is 19.4 Å². The molecule has 0 rings (SSSR count). The van der Waals surface area contributed by atoms with Crippen LogP contribution in [0, 0.1) is 0 Å². The smallest absolute Gasteiger partial charge is 0.264 e. The van der Waals surface area contributed by atoms with Crippen molar-refractivity contribution in [2.75, 3.05) is 18.8 Å². The molecule has 0 aromatic heterocycles. The molecule has 0 fully saturated rings. The van der Waals surface area contributed by atoms with Crippen LogP contribution < -0.4 is 10.6 Å². The first kappa shape index (κ1) is 14.6. The Bertz CT molecular complexity index is 278. The second-order valence-electron chi connectivity index (χ2n) is 3.18. The van der Waals surface area contributed by atoms with Gasteiger partial charge in [-0.2, -0.15) is 8.42 Å². The van der Waals surface area contributed by atoms with E-state index in [-0.39, 0.29) is 5.75 Å². The van der Waals surface area contributed by atoms with Crippen molar-refractivity contribution in [3.63, 3.8) is 0 Å². The molecule has 0 aliphatic heterocycles. The first-order valence-electron chi connectivity index (χ1n) is 4.92. The normalized spacial score (nSPS) is 11.1. The zero-order valence-corrected chi connectivity index (χ0v) is 10.5. The molecule has 0 radical (unpaired) electrons. The van der Waals surface area contributed by atoms with Crippen LogP contribution in [0.3, 0.4) is 0 Å². The summed E-state index contributed by atoms with van der Waals surface area (Å²) < 4.78 is 29.2. The van der Waals surface area contributed by atoms with E-state index >= 15 is 0 Å². The molecule has 0 bridgehead atoms. The predicted molar refractivity (Wildman–Crippen MR) is 64.5 cm³/mol. The molecule has 5 nitrogen and oxygen atoms in total. The number of thiocarbonyl (C=S) groups is 1. The van der Waals surface area contributed by atoms with Crippen LogP contribution in [-0.4, -0.2) is 36.9 Å². The van der Waals surface area contributed by atoms with E-state index in [2.05, 4.69) is 17.6 Å². The molecule has 0 unspecified atom stereocenters. The van der Waals surface area contributed by atoms with Gasteiger partial charge >= 0.3 is 0 Å². The quantitative estimate of drug-likeness (QED) is 0.349. The highest BCUT2D eigenvalue weighted by Crippen LogP contribution is 1.87. The summed E-state index contributed by atoms with van der Waals surface area (Å²) in [5.74, 6) is -0.239. The van der Waals surface area contributed by atoms with Crippen molar-refractivity contribution in [3.8, 4) is 0 Å².